The Labute approximate surface area is 404 Å². The molecule has 0 saturated heterocycles. The highest BCUT2D eigenvalue weighted by molar-refractivity contribution is 5.71. The Morgan fingerprint density at radius 3 is 0.677 bits per heavy atom. The van der Waals surface area contributed by atoms with E-state index in [9.17, 15) is 19.5 Å². The molecule has 7 nitrogen and oxygen atoms in total. The molecule has 0 heterocycles. The minimum absolute atomic E-state index is 0.222. The molecule has 0 bridgehead atoms. The van der Waals surface area contributed by atoms with Gasteiger partial charge in [-0.1, -0.05) is 290 Å². The van der Waals surface area contributed by atoms with Gasteiger partial charge in [0.1, 0.15) is 13.2 Å². The van der Waals surface area contributed by atoms with Crippen LogP contribution in [-0.2, 0) is 28.6 Å². The molecular formula is C58H112O7. The quantitative estimate of drug-likeness (QED) is 0.0368. The van der Waals surface area contributed by atoms with E-state index >= 15 is 0 Å². The summed E-state index contributed by atoms with van der Waals surface area (Å²) in [5.74, 6) is -1.20. The van der Waals surface area contributed by atoms with Crippen molar-refractivity contribution in [1.82, 2.24) is 0 Å². The normalized spacial score (nSPS) is 11.6. The average Bonchev–Trinajstić information content (AvgIpc) is 3.31. The van der Waals surface area contributed by atoms with Gasteiger partial charge in [0.2, 0.25) is 5.60 Å². The van der Waals surface area contributed by atoms with E-state index in [-0.39, 0.29) is 44.4 Å². The second-order valence-electron chi connectivity index (χ2n) is 20.2. The van der Waals surface area contributed by atoms with Crippen molar-refractivity contribution in [2.24, 2.45) is 0 Å². The number of aliphatic hydroxyl groups is 1. The van der Waals surface area contributed by atoms with Gasteiger partial charge in [0.15, 0.2) is 0 Å². The van der Waals surface area contributed by atoms with Crippen LogP contribution in [0.1, 0.15) is 329 Å². The molecule has 0 spiro atoms. The van der Waals surface area contributed by atoms with Crippen molar-refractivity contribution in [3.05, 3.63) is 0 Å². The van der Waals surface area contributed by atoms with Gasteiger partial charge in [0.25, 0.3) is 0 Å². The Bertz CT molecular complexity index is 949. The van der Waals surface area contributed by atoms with E-state index in [1.54, 1.807) is 0 Å². The molecule has 0 aromatic rings. The Kier molecular flexibility index (Phi) is 50.5. The number of hydrogen-bond donors (Lipinski definition) is 1. The van der Waals surface area contributed by atoms with Gasteiger partial charge in [-0.2, -0.15) is 0 Å². The monoisotopic (exact) mass is 921 g/mol. The fourth-order valence-electron chi connectivity index (χ4n) is 9.01. The molecule has 0 radical (unpaired) electrons. The molecule has 0 aliphatic rings. The van der Waals surface area contributed by atoms with E-state index in [2.05, 4.69) is 20.8 Å². The number of unbranched alkanes of at least 4 members (excludes halogenated alkanes) is 42. The Morgan fingerprint density at radius 1 is 0.292 bits per heavy atom. The van der Waals surface area contributed by atoms with Crippen LogP contribution in [0.25, 0.3) is 0 Å². The maximum absolute atomic E-state index is 13.1. The Hall–Kier alpha value is -1.63. The SMILES string of the molecule is CCCCCCCCCCCCCCCCCC(=O)OCC(CO)(COC(=O)CCCCCCCCCCCCCCCCC)OC(=O)CCCCCCCCCCCCCCCCC. The average molecular weight is 922 g/mol. The number of carbonyl (C=O) groups is 3. The van der Waals surface area contributed by atoms with Crippen LogP contribution in [0.2, 0.25) is 0 Å². The fraction of sp³-hybridized carbons (Fsp3) is 0.948. The van der Waals surface area contributed by atoms with Crippen LogP contribution >= 0.6 is 0 Å². The lowest BCUT2D eigenvalue weighted by Crippen LogP contribution is -2.48. The first-order chi connectivity index (χ1) is 31.9. The van der Waals surface area contributed by atoms with Crippen LogP contribution < -0.4 is 0 Å². The molecule has 0 amide bonds. The second kappa shape index (κ2) is 51.8. The molecule has 0 rings (SSSR count). The summed E-state index contributed by atoms with van der Waals surface area (Å²) in [6.07, 6.45) is 57.2. The highest BCUT2D eigenvalue weighted by atomic mass is 16.6. The van der Waals surface area contributed by atoms with E-state index in [4.69, 9.17) is 14.2 Å². The van der Waals surface area contributed by atoms with Crippen LogP contribution in [0.5, 0.6) is 0 Å². The first-order valence-electron chi connectivity index (χ1n) is 29.1. The Morgan fingerprint density at radius 2 is 0.477 bits per heavy atom. The summed E-state index contributed by atoms with van der Waals surface area (Å²) >= 11 is 0. The molecule has 0 unspecified atom stereocenters. The number of carbonyl (C=O) groups excluding carboxylic acids is 3. The van der Waals surface area contributed by atoms with Gasteiger partial charge in [-0.05, 0) is 19.3 Å². The van der Waals surface area contributed by atoms with Crippen LogP contribution in [0.15, 0.2) is 0 Å². The molecule has 0 aliphatic carbocycles. The number of aliphatic hydroxyl groups excluding tert-OH is 1. The van der Waals surface area contributed by atoms with Crippen molar-refractivity contribution >= 4 is 17.9 Å². The highest BCUT2D eigenvalue weighted by Crippen LogP contribution is 2.20. The smallest absolute Gasteiger partial charge is 0.306 e. The molecule has 0 atom stereocenters. The lowest BCUT2D eigenvalue weighted by Gasteiger charge is -2.30. The standard InChI is InChI=1S/C58H112O7/c1-4-7-10-13-16-19-22-25-28-31-34-37-40-43-46-49-55(60)63-53-58(52-59,65-57(62)51-48-45-42-39-36-33-30-27-24-21-18-15-12-9-6-3)54-64-56(61)50-47-44-41-38-35-32-29-26-23-20-17-14-11-8-5-2/h59H,4-54H2,1-3H3. The van der Waals surface area contributed by atoms with Crippen LogP contribution in [-0.4, -0.2) is 48.4 Å². The first kappa shape index (κ1) is 63.4. The summed E-state index contributed by atoms with van der Waals surface area (Å²) in [6, 6.07) is 0. The van der Waals surface area contributed by atoms with Crippen LogP contribution in [0.3, 0.4) is 0 Å². The summed E-state index contributed by atoms with van der Waals surface area (Å²) in [7, 11) is 0. The maximum Gasteiger partial charge on any atom is 0.306 e. The third kappa shape index (κ3) is 47.2. The summed E-state index contributed by atoms with van der Waals surface area (Å²) in [6.45, 7) is 5.58. The minimum Gasteiger partial charge on any atom is -0.461 e. The predicted octanol–water partition coefficient (Wildman–Crippen LogP) is 18.1. The molecule has 1 N–H and O–H groups in total. The molecule has 65 heavy (non-hydrogen) atoms. The van der Waals surface area contributed by atoms with E-state index in [1.807, 2.05) is 0 Å². The third-order valence-corrected chi connectivity index (χ3v) is 13.6. The first-order valence-corrected chi connectivity index (χ1v) is 29.1. The van der Waals surface area contributed by atoms with Crippen molar-refractivity contribution in [1.29, 1.82) is 0 Å². The Balaban J connectivity index is 4.54. The molecule has 0 aliphatic heterocycles. The maximum atomic E-state index is 13.1. The van der Waals surface area contributed by atoms with Gasteiger partial charge in [0.05, 0.1) is 6.61 Å². The number of ether oxygens (including phenoxy) is 3. The molecule has 0 aromatic carbocycles. The lowest BCUT2D eigenvalue weighted by atomic mass is 10.0. The molecule has 0 aromatic heterocycles. The minimum atomic E-state index is -1.60. The summed E-state index contributed by atoms with van der Waals surface area (Å²) in [5.41, 5.74) is -1.60. The number of esters is 3. The number of rotatable bonds is 54. The fourth-order valence-corrected chi connectivity index (χ4v) is 9.01. The van der Waals surface area contributed by atoms with Crippen molar-refractivity contribution in [3.63, 3.8) is 0 Å². The topological polar surface area (TPSA) is 99.1 Å². The molecular weight excluding hydrogens is 809 g/mol. The zero-order valence-electron chi connectivity index (χ0n) is 44.0. The van der Waals surface area contributed by atoms with E-state index < -0.39 is 18.2 Å². The van der Waals surface area contributed by atoms with E-state index in [0.29, 0.717) is 6.42 Å². The van der Waals surface area contributed by atoms with Gasteiger partial charge in [-0.3, -0.25) is 14.4 Å². The molecule has 386 valence electrons. The predicted molar refractivity (Wildman–Crippen MR) is 276 cm³/mol. The third-order valence-electron chi connectivity index (χ3n) is 13.6. The largest absolute Gasteiger partial charge is 0.461 e. The van der Waals surface area contributed by atoms with Gasteiger partial charge >= 0.3 is 17.9 Å². The zero-order chi connectivity index (χ0) is 47.4. The van der Waals surface area contributed by atoms with Crippen LogP contribution in [0.4, 0.5) is 0 Å². The second-order valence-corrected chi connectivity index (χ2v) is 20.2. The van der Waals surface area contributed by atoms with E-state index in [0.717, 1.165) is 51.4 Å². The van der Waals surface area contributed by atoms with Crippen molar-refractivity contribution < 1.29 is 33.7 Å². The molecule has 0 saturated carbocycles. The summed E-state index contributed by atoms with van der Waals surface area (Å²) < 4.78 is 17.0. The van der Waals surface area contributed by atoms with Gasteiger partial charge in [0, 0.05) is 19.3 Å². The number of hydrogen-bond acceptors (Lipinski definition) is 7. The highest BCUT2D eigenvalue weighted by Gasteiger charge is 2.37. The van der Waals surface area contributed by atoms with Gasteiger partial charge < -0.3 is 19.3 Å². The molecule has 0 fully saturated rings. The zero-order valence-corrected chi connectivity index (χ0v) is 44.0. The van der Waals surface area contributed by atoms with Gasteiger partial charge in [-0.15, -0.1) is 0 Å². The van der Waals surface area contributed by atoms with Crippen molar-refractivity contribution in [3.8, 4) is 0 Å². The van der Waals surface area contributed by atoms with Crippen molar-refractivity contribution in [2.45, 2.75) is 335 Å². The van der Waals surface area contributed by atoms with Gasteiger partial charge in [-0.25, -0.2) is 0 Å². The summed E-state index contributed by atoms with van der Waals surface area (Å²) in [5, 5.41) is 10.5. The molecule has 7 heteroatoms. The van der Waals surface area contributed by atoms with Crippen LogP contribution in [0, 0.1) is 0 Å². The summed E-state index contributed by atoms with van der Waals surface area (Å²) in [4.78, 5) is 38.7. The van der Waals surface area contributed by atoms with Crippen molar-refractivity contribution in [2.75, 3.05) is 19.8 Å². The lowest BCUT2D eigenvalue weighted by molar-refractivity contribution is -0.191. The van der Waals surface area contributed by atoms with E-state index in [1.165, 1.54) is 231 Å².